The molecule has 1 aliphatic rings. The maximum atomic E-state index is 13.3. The second kappa shape index (κ2) is 11.9. The Kier molecular flexibility index (Phi) is 9.31. The van der Waals surface area contributed by atoms with E-state index in [1.54, 1.807) is 29.2 Å². The molecule has 0 bridgehead atoms. The number of carbonyl (C=O) groups excluding carboxylic acids is 2. The highest BCUT2D eigenvalue weighted by Crippen LogP contribution is 2.26. The Morgan fingerprint density at radius 1 is 1.37 bits per heavy atom. The predicted molar refractivity (Wildman–Crippen MR) is 114 cm³/mol. The molecule has 1 saturated heterocycles. The number of aldehydes is 1. The molecule has 0 radical (unpaired) electrons. The lowest BCUT2D eigenvalue weighted by Gasteiger charge is -2.36. The summed E-state index contributed by atoms with van der Waals surface area (Å²) in [6, 6.07) is 4.23. The van der Waals surface area contributed by atoms with E-state index >= 15 is 0 Å². The fraction of sp³-hybridized carbons (Fsp3) is 0.391. The molecule has 7 nitrogen and oxygen atoms in total. The Labute approximate surface area is 176 Å². The summed E-state index contributed by atoms with van der Waals surface area (Å²) in [6.07, 6.45) is 8.19. The summed E-state index contributed by atoms with van der Waals surface area (Å²) in [7, 11) is 0. The SMILES string of the molecule is C/C=C/C=C\C(C(=O)N1CCOC[C@H]1COc1cccc(O)c1C=O)=C(/C)CCO. The number of ether oxygens (including phenoxy) is 2. The third kappa shape index (κ3) is 6.05. The smallest absolute Gasteiger partial charge is 0.254 e. The minimum absolute atomic E-state index is 0.0400. The number of hydrogen-bond donors (Lipinski definition) is 2. The van der Waals surface area contributed by atoms with E-state index in [4.69, 9.17) is 9.47 Å². The summed E-state index contributed by atoms with van der Waals surface area (Å²) in [4.78, 5) is 26.3. The third-order valence-electron chi connectivity index (χ3n) is 4.82. The van der Waals surface area contributed by atoms with Crippen LogP contribution in [0.5, 0.6) is 11.5 Å². The summed E-state index contributed by atoms with van der Waals surface area (Å²) in [5.41, 5.74) is 1.39. The van der Waals surface area contributed by atoms with Crippen LogP contribution >= 0.6 is 0 Å². The van der Waals surface area contributed by atoms with Gasteiger partial charge in [-0.3, -0.25) is 9.59 Å². The Bertz CT molecular complexity index is 827. The molecule has 30 heavy (non-hydrogen) atoms. The monoisotopic (exact) mass is 415 g/mol. The number of phenols is 1. The number of morpholine rings is 1. The topological polar surface area (TPSA) is 96.3 Å². The quantitative estimate of drug-likeness (QED) is 0.366. The van der Waals surface area contributed by atoms with Crippen molar-refractivity contribution in [3.8, 4) is 11.5 Å². The van der Waals surface area contributed by atoms with Gasteiger partial charge in [0.15, 0.2) is 6.29 Å². The molecule has 7 heteroatoms. The van der Waals surface area contributed by atoms with Gasteiger partial charge in [0.2, 0.25) is 0 Å². The molecule has 0 spiro atoms. The lowest BCUT2D eigenvalue weighted by atomic mass is 10.0. The lowest BCUT2D eigenvalue weighted by Crippen LogP contribution is -2.51. The van der Waals surface area contributed by atoms with Crippen molar-refractivity contribution in [1.29, 1.82) is 0 Å². The molecule has 162 valence electrons. The van der Waals surface area contributed by atoms with Crippen LogP contribution in [0.4, 0.5) is 0 Å². The number of allylic oxidation sites excluding steroid dienone is 3. The lowest BCUT2D eigenvalue weighted by molar-refractivity contribution is -0.136. The molecule has 0 saturated carbocycles. The molecule has 1 aliphatic heterocycles. The molecular formula is C23H29NO6. The Hall–Kier alpha value is -2.90. The van der Waals surface area contributed by atoms with Gasteiger partial charge in [-0.1, -0.05) is 29.9 Å². The van der Waals surface area contributed by atoms with Crippen molar-refractivity contribution in [3.63, 3.8) is 0 Å². The van der Waals surface area contributed by atoms with Crippen LogP contribution in [0.2, 0.25) is 0 Å². The number of amides is 1. The highest BCUT2D eigenvalue weighted by Gasteiger charge is 2.30. The Morgan fingerprint density at radius 3 is 2.87 bits per heavy atom. The maximum Gasteiger partial charge on any atom is 0.254 e. The van der Waals surface area contributed by atoms with E-state index < -0.39 is 0 Å². The van der Waals surface area contributed by atoms with E-state index in [1.807, 2.05) is 26.0 Å². The number of carbonyl (C=O) groups is 2. The molecule has 1 heterocycles. The largest absolute Gasteiger partial charge is 0.507 e. The summed E-state index contributed by atoms with van der Waals surface area (Å²) in [5, 5.41) is 19.1. The number of aromatic hydroxyl groups is 1. The normalized spacial score (nSPS) is 18.0. The van der Waals surface area contributed by atoms with Crippen LogP contribution in [0.15, 0.2) is 53.6 Å². The molecule has 1 aromatic carbocycles. The summed E-state index contributed by atoms with van der Waals surface area (Å²) in [6.45, 7) is 4.91. The molecular weight excluding hydrogens is 386 g/mol. The standard InChI is InChI=1S/C23H29NO6/c1-3-4-5-7-19(17(2)10-12-25)23(28)24-11-13-29-15-18(24)16-30-22-9-6-8-21(27)20(22)14-26/h3-9,14,18,25,27H,10-13,15-16H2,1-2H3/b4-3+,7-5-,19-17-/t18-/m0/s1. The highest BCUT2D eigenvalue weighted by atomic mass is 16.5. The maximum absolute atomic E-state index is 13.3. The second-order valence-electron chi connectivity index (χ2n) is 6.90. The van der Waals surface area contributed by atoms with Gasteiger partial charge in [-0.05, 0) is 38.5 Å². The zero-order valence-electron chi connectivity index (χ0n) is 17.4. The van der Waals surface area contributed by atoms with E-state index in [0.29, 0.717) is 38.0 Å². The van der Waals surface area contributed by atoms with Gasteiger partial charge in [-0.15, -0.1) is 0 Å². The molecule has 2 N–H and O–H groups in total. The van der Waals surface area contributed by atoms with Gasteiger partial charge in [-0.25, -0.2) is 0 Å². The van der Waals surface area contributed by atoms with Crippen molar-refractivity contribution >= 4 is 12.2 Å². The molecule has 1 aromatic rings. The zero-order valence-corrected chi connectivity index (χ0v) is 17.4. The second-order valence-corrected chi connectivity index (χ2v) is 6.90. The fourth-order valence-corrected chi connectivity index (χ4v) is 3.14. The number of hydrogen-bond acceptors (Lipinski definition) is 6. The van der Waals surface area contributed by atoms with Crippen LogP contribution < -0.4 is 4.74 Å². The van der Waals surface area contributed by atoms with Crippen molar-refractivity contribution in [3.05, 3.63) is 59.2 Å². The zero-order chi connectivity index (χ0) is 21.9. The molecule has 0 aromatic heterocycles. The summed E-state index contributed by atoms with van der Waals surface area (Å²) < 4.78 is 11.3. The van der Waals surface area contributed by atoms with Gasteiger partial charge >= 0.3 is 0 Å². The molecule has 1 atom stereocenters. The number of phenolic OH excluding ortho intramolecular Hbond substituents is 1. The first-order valence-corrected chi connectivity index (χ1v) is 9.92. The first kappa shape index (κ1) is 23.4. The number of nitrogens with zero attached hydrogens (tertiary/aromatic N) is 1. The Balaban J connectivity index is 2.22. The van der Waals surface area contributed by atoms with Crippen molar-refractivity contribution in [1.82, 2.24) is 4.90 Å². The van der Waals surface area contributed by atoms with Gasteiger partial charge in [-0.2, -0.15) is 0 Å². The van der Waals surface area contributed by atoms with Gasteiger partial charge in [0.1, 0.15) is 18.1 Å². The van der Waals surface area contributed by atoms with Crippen molar-refractivity contribution in [2.75, 3.05) is 33.0 Å². The molecule has 1 fully saturated rings. The van der Waals surface area contributed by atoms with Crippen LogP contribution in [-0.4, -0.2) is 66.3 Å². The van der Waals surface area contributed by atoms with Crippen LogP contribution in [0.3, 0.4) is 0 Å². The van der Waals surface area contributed by atoms with Crippen LogP contribution in [0.25, 0.3) is 0 Å². The highest BCUT2D eigenvalue weighted by molar-refractivity contribution is 5.97. The fourth-order valence-electron chi connectivity index (χ4n) is 3.14. The predicted octanol–water partition coefficient (Wildman–Crippen LogP) is 2.64. The van der Waals surface area contributed by atoms with Crippen molar-refractivity contribution in [2.45, 2.75) is 26.3 Å². The van der Waals surface area contributed by atoms with E-state index in [1.165, 1.54) is 6.07 Å². The van der Waals surface area contributed by atoms with Gasteiger partial charge in [0, 0.05) is 18.7 Å². The van der Waals surface area contributed by atoms with Crippen LogP contribution in [-0.2, 0) is 9.53 Å². The van der Waals surface area contributed by atoms with E-state index in [2.05, 4.69) is 0 Å². The Morgan fingerprint density at radius 2 is 2.17 bits per heavy atom. The van der Waals surface area contributed by atoms with E-state index in [0.717, 1.165) is 5.57 Å². The van der Waals surface area contributed by atoms with Crippen molar-refractivity contribution in [2.24, 2.45) is 0 Å². The van der Waals surface area contributed by atoms with Gasteiger partial charge in [0.25, 0.3) is 5.91 Å². The van der Waals surface area contributed by atoms with E-state index in [-0.39, 0.29) is 42.2 Å². The minimum Gasteiger partial charge on any atom is -0.507 e. The number of aliphatic hydroxyl groups excluding tert-OH is 1. The van der Waals surface area contributed by atoms with Crippen LogP contribution in [0, 0.1) is 0 Å². The van der Waals surface area contributed by atoms with Crippen molar-refractivity contribution < 1.29 is 29.3 Å². The third-order valence-corrected chi connectivity index (χ3v) is 4.82. The molecule has 0 unspecified atom stereocenters. The number of aliphatic hydroxyl groups is 1. The summed E-state index contributed by atoms with van der Waals surface area (Å²) >= 11 is 0. The molecule has 1 amide bonds. The van der Waals surface area contributed by atoms with Gasteiger partial charge in [0.05, 0.1) is 24.8 Å². The van der Waals surface area contributed by atoms with Crippen LogP contribution in [0.1, 0.15) is 30.6 Å². The number of rotatable bonds is 9. The summed E-state index contributed by atoms with van der Waals surface area (Å²) in [5.74, 6) is -0.0670. The molecule has 0 aliphatic carbocycles. The minimum atomic E-state index is -0.361. The first-order valence-electron chi connectivity index (χ1n) is 9.92. The van der Waals surface area contributed by atoms with Gasteiger partial charge < -0.3 is 24.6 Å². The van der Waals surface area contributed by atoms with E-state index in [9.17, 15) is 19.8 Å². The average molecular weight is 415 g/mol. The average Bonchev–Trinajstić information content (AvgIpc) is 2.75. The number of benzene rings is 1. The first-order chi connectivity index (χ1) is 14.5. The molecule has 2 rings (SSSR count).